The zero-order valence-corrected chi connectivity index (χ0v) is 14.0. The van der Waals surface area contributed by atoms with Gasteiger partial charge < -0.3 is 4.89 Å². The van der Waals surface area contributed by atoms with Gasteiger partial charge in [0.1, 0.15) is 5.60 Å². The first-order valence-electron chi connectivity index (χ1n) is 6.37. The number of rotatable bonds is 1. The third-order valence-electron chi connectivity index (χ3n) is 1.68. The Hall–Kier alpha value is -1.14. The fourth-order valence-corrected chi connectivity index (χ4v) is 0.425. The highest BCUT2D eigenvalue weighted by molar-refractivity contribution is 5.75. The van der Waals surface area contributed by atoms with Gasteiger partial charge in [-0.15, -0.1) is 0 Å². The van der Waals surface area contributed by atoms with E-state index < -0.39 is 22.4 Å². The van der Waals surface area contributed by atoms with Crippen LogP contribution in [0.5, 0.6) is 0 Å². The van der Waals surface area contributed by atoms with Gasteiger partial charge in [0.2, 0.25) is 0 Å². The molecule has 0 radical (unpaired) electrons. The zero-order chi connectivity index (χ0) is 16.8. The summed E-state index contributed by atoms with van der Waals surface area (Å²) in [5.41, 5.74) is -1.55. The minimum Gasteiger partial charge on any atom is -0.300 e. The van der Waals surface area contributed by atoms with Crippen molar-refractivity contribution in [3.63, 3.8) is 0 Å². The van der Waals surface area contributed by atoms with E-state index in [1.54, 1.807) is 41.5 Å². The van der Waals surface area contributed by atoms with Crippen molar-refractivity contribution in [1.29, 1.82) is 0 Å². The lowest BCUT2D eigenvalue weighted by molar-refractivity contribution is -0.325. The van der Waals surface area contributed by atoms with E-state index in [0.717, 1.165) is 0 Å². The van der Waals surface area contributed by atoms with E-state index in [1.165, 1.54) is 0 Å². The molecule has 0 aliphatic carbocycles. The number of carbonyl (C=O) groups excluding carboxylic acids is 2. The van der Waals surface area contributed by atoms with Crippen molar-refractivity contribution in [1.82, 2.24) is 0 Å². The van der Waals surface area contributed by atoms with Crippen LogP contribution in [0.25, 0.3) is 0 Å². The Morgan fingerprint density at radius 1 is 0.750 bits per heavy atom. The van der Waals surface area contributed by atoms with E-state index >= 15 is 0 Å². The van der Waals surface area contributed by atoms with Crippen LogP contribution < -0.4 is 0 Å². The van der Waals surface area contributed by atoms with Gasteiger partial charge >= 0.3 is 11.9 Å². The van der Waals surface area contributed by atoms with Crippen molar-refractivity contribution in [2.75, 3.05) is 0 Å². The molecule has 0 rings (SSSR count). The largest absolute Gasteiger partial charge is 0.347 e. The van der Waals surface area contributed by atoms with Crippen LogP contribution in [-0.2, 0) is 24.3 Å². The molecule has 20 heavy (non-hydrogen) atoms. The van der Waals surface area contributed by atoms with Gasteiger partial charge in [0.05, 0.1) is 10.8 Å². The SMILES string of the molecule is CC(C)(C)C(=O)OO.CC(C)(C)OOC(=O)C(C)(C)C. The van der Waals surface area contributed by atoms with Gasteiger partial charge in [-0.3, -0.25) is 4.89 Å². The molecule has 0 aliphatic rings. The summed E-state index contributed by atoms with van der Waals surface area (Å²) < 4.78 is 0. The molecule has 120 valence electrons. The molecular weight excluding hydrogens is 264 g/mol. The molecular formula is C14H28O6. The summed E-state index contributed by atoms with van der Waals surface area (Å²) in [6, 6.07) is 0. The molecule has 0 aliphatic heterocycles. The van der Waals surface area contributed by atoms with E-state index in [-0.39, 0.29) is 5.97 Å². The highest BCUT2D eigenvalue weighted by Gasteiger charge is 2.26. The van der Waals surface area contributed by atoms with Gasteiger partial charge in [-0.05, 0) is 62.3 Å². The molecule has 0 atom stereocenters. The average molecular weight is 292 g/mol. The summed E-state index contributed by atoms with van der Waals surface area (Å²) in [6.45, 7) is 15.8. The Kier molecular flexibility index (Phi) is 8.03. The second kappa shape index (κ2) is 7.59. The van der Waals surface area contributed by atoms with Crippen molar-refractivity contribution in [3.05, 3.63) is 0 Å². The van der Waals surface area contributed by atoms with E-state index in [2.05, 4.69) is 9.78 Å². The minimum absolute atomic E-state index is 0.350. The van der Waals surface area contributed by atoms with Gasteiger partial charge in [-0.1, -0.05) is 0 Å². The molecule has 0 aromatic rings. The standard InChI is InChI=1S/C9H18O3.C5H10O3/c1-8(2,3)7(10)11-12-9(4,5)6;1-5(2,3)4(6)8-7/h1-6H3;7H,1-3H3. The van der Waals surface area contributed by atoms with Gasteiger partial charge in [0.15, 0.2) is 0 Å². The lowest BCUT2D eigenvalue weighted by Gasteiger charge is -2.20. The van der Waals surface area contributed by atoms with Gasteiger partial charge in [0, 0.05) is 0 Å². The monoisotopic (exact) mass is 292 g/mol. The molecule has 0 saturated carbocycles. The van der Waals surface area contributed by atoms with Gasteiger partial charge in [-0.2, -0.15) is 10.1 Å². The molecule has 0 fully saturated rings. The Morgan fingerprint density at radius 2 is 1.10 bits per heavy atom. The summed E-state index contributed by atoms with van der Waals surface area (Å²) in [7, 11) is 0. The summed E-state index contributed by atoms with van der Waals surface area (Å²) in [5, 5.41) is 7.82. The second-order valence-corrected chi connectivity index (χ2v) is 7.45. The molecule has 0 spiro atoms. The van der Waals surface area contributed by atoms with Crippen LogP contribution in [0.4, 0.5) is 0 Å². The number of carbonyl (C=O) groups is 2. The topological polar surface area (TPSA) is 82.1 Å². The maximum absolute atomic E-state index is 11.2. The van der Waals surface area contributed by atoms with Crippen LogP contribution in [0.3, 0.4) is 0 Å². The predicted octanol–water partition coefficient (Wildman–Crippen LogP) is 3.35. The van der Waals surface area contributed by atoms with Crippen molar-refractivity contribution in [3.8, 4) is 0 Å². The summed E-state index contributed by atoms with van der Waals surface area (Å²) >= 11 is 0. The Labute approximate surface area is 121 Å². The van der Waals surface area contributed by atoms with Crippen molar-refractivity contribution < 1.29 is 29.5 Å². The van der Waals surface area contributed by atoms with Crippen molar-refractivity contribution >= 4 is 11.9 Å². The minimum atomic E-state index is -0.613. The molecule has 0 aromatic heterocycles. The number of hydrogen-bond donors (Lipinski definition) is 1. The van der Waals surface area contributed by atoms with E-state index in [0.29, 0.717) is 0 Å². The molecule has 0 saturated heterocycles. The Bertz CT molecular complexity index is 314. The fraction of sp³-hybridized carbons (Fsp3) is 0.857. The molecule has 6 nitrogen and oxygen atoms in total. The molecule has 0 bridgehead atoms. The summed E-state index contributed by atoms with van der Waals surface area (Å²) in [5.74, 6) is -0.963. The van der Waals surface area contributed by atoms with E-state index in [9.17, 15) is 9.59 Å². The quantitative estimate of drug-likeness (QED) is 0.589. The molecule has 0 heterocycles. The number of hydrogen-bond acceptors (Lipinski definition) is 6. The first-order valence-corrected chi connectivity index (χ1v) is 6.37. The predicted molar refractivity (Wildman–Crippen MR) is 74.6 cm³/mol. The maximum atomic E-state index is 11.2. The normalized spacial score (nSPS) is 12.1. The molecule has 0 amide bonds. The lowest BCUT2D eigenvalue weighted by atomic mass is 9.98. The smallest absolute Gasteiger partial charge is 0.300 e. The molecule has 6 heteroatoms. The molecule has 0 aromatic carbocycles. The Morgan fingerprint density at radius 3 is 1.25 bits per heavy atom. The summed E-state index contributed by atoms with van der Waals surface area (Å²) in [4.78, 5) is 34.5. The first kappa shape index (κ1) is 21.2. The molecule has 1 N–H and O–H groups in total. The highest BCUT2D eigenvalue weighted by Crippen LogP contribution is 2.17. The van der Waals surface area contributed by atoms with Crippen LogP contribution in [0.2, 0.25) is 0 Å². The van der Waals surface area contributed by atoms with Crippen LogP contribution in [0.15, 0.2) is 0 Å². The lowest BCUT2D eigenvalue weighted by Crippen LogP contribution is -2.28. The zero-order valence-electron chi connectivity index (χ0n) is 14.0. The third kappa shape index (κ3) is 11.9. The van der Waals surface area contributed by atoms with Crippen LogP contribution in [0.1, 0.15) is 62.3 Å². The van der Waals surface area contributed by atoms with Crippen LogP contribution in [0, 0.1) is 10.8 Å². The van der Waals surface area contributed by atoms with Crippen molar-refractivity contribution in [2.45, 2.75) is 67.9 Å². The van der Waals surface area contributed by atoms with Gasteiger partial charge in [-0.25, -0.2) is 9.59 Å². The summed E-state index contributed by atoms with van der Waals surface area (Å²) in [6.07, 6.45) is 0. The highest BCUT2D eigenvalue weighted by atomic mass is 17.2. The first-order chi connectivity index (χ1) is 8.61. The average Bonchev–Trinajstić information content (AvgIpc) is 2.21. The third-order valence-corrected chi connectivity index (χ3v) is 1.68. The molecule has 0 unspecified atom stereocenters. The van der Waals surface area contributed by atoms with Crippen LogP contribution in [-0.4, -0.2) is 22.8 Å². The van der Waals surface area contributed by atoms with E-state index in [4.69, 9.17) is 10.1 Å². The van der Waals surface area contributed by atoms with E-state index in [1.807, 2.05) is 20.8 Å². The fourth-order valence-electron chi connectivity index (χ4n) is 0.425. The second-order valence-electron chi connectivity index (χ2n) is 7.45. The maximum Gasteiger partial charge on any atom is 0.347 e. The van der Waals surface area contributed by atoms with Gasteiger partial charge in [0.25, 0.3) is 0 Å². The Balaban J connectivity index is 0. The van der Waals surface area contributed by atoms with Crippen molar-refractivity contribution in [2.24, 2.45) is 10.8 Å². The van der Waals surface area contributed by atoms with Crippen LogP contribution >= 0.6 is 0 Å².